The second kappa shape index (κ2) is 7.95. The first kappa shape index (κ1) is 17.3. The highest BCUT2D eigenvalue weighted by molar-refractivity contribution is 6.34. The molecule has 0 spiro atoms. The second-order valence-corrected chi connectivity index (χ2v) is 5.74. The molecule has 4 nitrogen and oxygen atoms in total. The molecule has 22 heavy (non-hydrogen) atoms. The number of aryl methyl sites for hydroxylation is 2. The predicted octanol–water partition coefficient (Wildman–Crippen LogP) is 3.44. The Labute approximate surface area is 138 Å². The van der Waals surface area contributed by atoms with Gasteiger partial charge >= 0.3 is 0 Å². The Hall–Kier alpha value is -1.10. The third kappa shape index (κ3) is 3.80. The normalized spacial score (nSPS) is 15.7. The van der Waals surface area contributed by atoms with Gasteiger partial charge in [-0.25, -0.2) is 4.98 Å². The fraction of sp³-hybridized carbons (Fsp3) is 0.588. The first-order chi connectivity index (χ1) is 10.6. The third-order valence-electron chi connectivity index (χ3n) is 4.01. The van der Waals surface area contributed by atoms with Crippen molar-refractivity contribution >= 4 is 22.5 Å². The zero-order valence-electron chi connectivity index (χ0n) is 14.0. The van der Waals surface area contributed by atoms with Gasteiger partial charge in [0.2, 0.25) is 0 Å². The minimum Gasteiger partial charge on any atom is -0.379 e. The molecule has 0 radical (unpaired) electrons. The molecule has 0 atom stereocenters. The van der Waals surface area contributed by atoms with Crippen LogP contribution in [0.15, 0.2) is 12.1 Å². The standard InChI is InChI=1S/C15H20ClN3O.C2H6/c1-11-9-14-13(15(16)17-11)10-12(18(14)2)3-4-19-5-7-20-8-6-19;1-2/h9-10H,3-8H2,1-2H3;1-2H3. The van der Waals surface area contributed by atoms with Gasteiger partial charge in [0.05, 0.1) is 18.7 Å². The predicted molar refractivity (Wildman–Crippen MR) is 92.8 cm³/mol. The van der Waals surface area contributed by atoms with Crippen molar-refractivity contribution in [1.29, 1.82) is 0 Å². The Morgan fingerprint density at radius 3 is 2.59 bits per heavy atom. The van der Waals surface area contributed by atoms with E-state index in [0.717, 1.165) is 50.3 Å². The van der Waals surface area contributed by atoms with Crippen LogP contribution in [0.2, 0.25) is 5.15 Å². The number of rotatable bonds is 3. The fourth-order valence-corrected chi connectivity index (χ4v) is 3.08. The molecule has 2 aromatic rings. The summed E-state index contributed by atoms with van der Waals surface area (Å²) in [6, 6.07) is 4.27. The first-order valence-corrected chi connectivity index (χ1v) is 8.44. The molecule has 0 N–H and O–H groups in total. The van der Waals surface area contributed by atoms with Crippen LogP contribution in [-0.2, 0) is 18.2 Å². The maximum absolute atomic E-state index is 6.25. The van der Waals surface area contributed by atoms with Crippen LogP contribution in [0.1, 0.15) is 25.2 Å². The largest absolute Gasteiger partial charge is 0.379 e. The minimum atomic E-state index is 0.605. The highest BCUT2D eigenvalue weighted by Crippen LogP contribution is 2.26. The number of morpholine rings is 1. The summed E-state index contributed by atoms with van der Waals surface area (Å²) in [5.74, 6) is 0. The molecular formula is C17H26ClN3O. The number of pyridine rings is 1. The second-order valence-electron chi connectivity index (χ2n) is 5.39. The van der Waals surface area contributed by atoms with Crippen molar-refractivity contribution < 1.29 is 4.74 Å². The van der Waals surface area contributed by atoms with Crippen LogP contribution in [0.5, 0.6) is 0 Å². The van der Waals surface area contributed by atoms with E-state index in [2.05, 4.69) is 33.6 Å². The van der Waals surface area contributed by atoms with Gasteiger partial charge in [0.1, 0.15) is 5.15 Å². The lowest BCUT2D eigenvalue weighted by Crippen LogP contribution is -2.37. The Bertz CT molecular complexity index is 618. The van der Waals surface area contributed by atoms with Crippen molar-refractivity contribution in [3.63, 3.8) is 0 Å². The maximum Gasteiger partial charge on any atom is 0.138 e. The van der Waals surface area contributed by atoms with Crippen molar-refractivity contribution in [1.82, 2.24) is 14.5 Å². The molecule has 2 aromatic heterocycles. The van der Waals surface area contributed by atoms with Gasteiger partial charge in [0.15, 0.2) is 0 Å². The summed E-state index contributed by atoms with van der Waals surface area (Å²) in [5, 5.41) is 1.66. The van der Waals surface area contributed by atoms with Crippen LogP contribution in [0.3, 0.4) is 0 Å². The van der Waals surface area contributed by atoms with Crippen molar-refractivity contribution in [2.75, 3.05) is 32.8 Å². The molecule has 5 heteroatoms. The van der Waals surface area contributed by atoms with Gasteiger partial charge in [-0.05, 0) is 19.1 Å². The number of aromatic nitrogens is 2. The number of hydrogen-bond donors (Lipinski definition) is 0. The topological polar surface area (TPSA) is 30.3 Å². The molecular weight excluding hydrogens is 298 g/mol. The summed E-state index contributed by atoms with van der Waals surface area (Å²) in [4.78, 5) is 6.78. The molecule has 0 bridgehead atoms. The molecule has 0 saturated carbocycles. The van der Waals surface area contributed by atoms with Gasteiger partial charge in [-0.15, -0.1) is 0 Å². The Kier molecular flexibility index (Phi) is 6.24. The van der Waals surface area contributed by atoms with Gasteiger partial charge in [-0.2, -0.15) is 0 Å². The van der Waals surface area contributed by atoms with Gasteiger partial charge in [0.25, 0.3) is 0 Å². The summed E-state index contributed by atoms with van der Waals surface area (Å²) in [6.45, 7) is 10.8. The van der Waals surface area contributed by atoms with E-state index in [1.54, 1.807) is 0 Å². The van der Waals surface area contributed by atoms with E-state index in [4.69, 9.17) is 16.3 Å². The highest BCUT2D eigenvalue weighted by Gasteiger charge is 2.13. The lowest BCUT2D eigenvalue weighted by atomic mass is 10.2. The molecule has 1 saturated heterocycles. The van der Waals surface area contributed by atoms with Crippen molar-refractivity contribution in [3.05, 3.63) is 28.7 Å². The van der Waals surface area contributed by atoms with Gasteiger partial charge in [-0.3, -0.25) is 4.90 Å². The summed E-state index contributed by atoms with van der Waals surface area (Å²) in [7, 11) is 2.10. The van der Waals surface area contributed by atoms with Crippen molar-refractivity contribution in [2.24, 2.45) is 7.05 Å². The Balaban J connectivity index is 0.000000847. The van der Waals surface area contributed by atoms with Gasteiger partial charge < -0.3 is 9.30 Å². The molecule has 1 aliphatic heterocycles. The average molecular weight is 324 g/mol. The number of ether oxygens (including phenoxy) is 1. The summed E-state index contributed by atoms with van der Waals surface area (Å²) in [6.07, 6.45) is 1.03. The van der Waals surface area contributed by atoms with E-state index in [9.17, 15) is 0 Å². The fourth-order valence-electron chi connectivity index (χ4n) is 2.80. The minimum absolute atomic E-state index is 0.605. The van der Waals surface area contributed by atoms with E-state index in [1.165, 1.54) is 11.2 Å². The zero-order valence-corrected chi connectivity index (χ0v) is 14.8. The highest BCUT2D eigenvalue weighted by atomic mass is 35.5. The zero-order chi connectivity index (χ0) is 16.1. The third-order valence-corrected chi connectivity index (χ3v) is 4.30. The molecule has 122 valence electrons. The first-order valence-electron chi connectivity index (χ1n) is 8.06. The van der Waals surface area contributed by atoms with Crippen molar-refractivity contribution in [3.8, 4) is 0 Å². The molecule has 1 aliphatic rings. The molecule has 0 amide bonds. The van der Waals surface area contributed by atoms with E-state index < -0.39 is 0 Å². The summed E-state index contributed by atoms with van der Waals surface area (Å²) < 4.78 is 7.61. The lowest BCUT2D eigenvalue weighted by Gasteiger charge is -2.26. The van der Waals surface area contributed by atoms with E-state index in [-0.39, 0.29) is 0 Å². The molecule has 0 aromatic carbocycles. The molecule has 1 fully saturated rings. The smallest absolute Gasteiger partial charge is 0.138 e. The molecule has 0 aliphatic carbocycles. The Morgan fingerprint density at radius 2 is 1.91 bits per heavy atom. The van der Waals surface area contributed by atoms with Crippen molar-refractivity contribution in [2.45, 2.75) is 27.2 Å². The molecule has 0 unspecified atom stereocenters. The van der Waals surface area contributed by atoms with Gasteiger partial charge in [0, 0.05) is 49.9 Å². The quantitative estimate of drug-likeness (QED) is 0.811. The lowest BCUT2D eigenvalue weighted by molar-refractivity contribution is 0.0383. The van der Waals surface area contributed by atoms with Crippen LogP contribution in [0.25, 0.3) is 10.9 Å². The van der Waals surface area contributed by atoms with Crippen LogP contribution in [-0.4, -0.2) is 47.3 Å². The molecule has 3 rings (SSSR count). The number of halogens is 1. The van der Waals surface area contributed by atoms with E-state index in [1.807, 2.05) is 20.8 Å². The number of fused-ring (bicyclic) bond motifs is 1. The monoisotopic (exact) mass is 323 g/mol. The maximum atomic E-state index is 6.25. The van der Waals surface area contributed by atoms with E-state index in [0.29, 0.717) is 5.15 Å². The SMILES string of the molecule is CC.Cc1cc2c(cc(CCN3CCOCC3)n2C)c(Cl)n1. The van der Waals surface area contributed by atoms with Crippen LogP contribution >= 0.6 is 11.6 Å². The van der Waals surface area contributed by atoms with Crippen LogP contribution < -0.4 is 0 Å². The number of nitrogens with zero attached hydrogens (tertiary/aromatic N) is 3. The van der Waals surface area contributed by atoms with E-state index >= 15 is 0 Å². The summed E-state index contributed by atoms with van der Waals surface area (Å²) in [5.41, 5.74) is 3.43. The Morgan fingerprint density at radius 1 is 1.23 bits per heavy atom. The average Bonchev–Trinajstić information content (AvgIpc) is 2.85. The molecule has 3 heterocycles. The van der Waals surface area contributed by atoms with Crippen LogP contribution in [0.4, 0.5) is 0 Å². The number of hydrogen-bond acceptors (Lipinski definition) is 3. The van der Waals surface area contributed by atoms with Gasteiger partial charge in [-0.1, -0.05) is 25.4 Å². The summed E-state index contributed by atoms with van der Waals surface area (Å²) >= 11 is 6.25. The van der Waals surface area contributed by atoms with Crippen LogP contribution in [0, 0.1) is 6.92 Å².